The van der Waals surface area contributed by atoms with E-state index in [1.54, 1.807) is 6.20 Å². The van der Waals surface area contributed by atoms with Gasteiger partial charge in [0.15, 0.2) is 0 Å². The molecule has 0 radical (unpaired) electrons. The van der Waals surface area contributed by atoms with Crippen LogP contribution in [0.5, 0.6) is 0 Å². The van der Waals surface area contributed by atoms with Gasteiger partial charge >= 0.3 is 0 Å². The van der Waals surface area contributed by atoms with Crippen molar-refractivity contribution in [3.8, 4) is 6.07 Å². The third kappa shape index (κ3) is 1.33. The van der Waals surface area contributed by atoms with Gasteiger partial charge in [-0.2, -0.15) is 5.26 Å². The van der Waals surface area contributed by atoms with Gasteiger partial charge in [0, 0.05) is 23.9 Å². The average Bonchev–Trinajstić information content (AvgIpc) is 2.91. The molecule has 1 aromatic heterocycles. The fourth-order valence-electron chi connectivity index (χ4n) is 2.72. The lowest BCUT2D eigenvalue weighted by atomic mass is 9.90. The van der Waals surface area contributed by atoms with Crippen molar-refractivity contribution in [3.05, 3.63) is 29.6 Å². The molecule has 1 atom stereocenters. The van der Waals surface area contributed by atoms with Gasteiger partial charge in [0.1, 0.15) is 6.07 Å². The van der Waals surface area contributed by atoms with E-state index in [4.69, 9.17) is 5.26 Å². The van der Waals surface area contributed by atoms with Gasteiger partial charge in [-0.25, -0.2) is 0 Å². The van der Waals surface area contributed by atoms with Crippen LogP contribution in [0, 0.1) is 11.3 Å². The maximum atomic E-state index is 8.84. The smallest absolute Gasteiger partial charge is 0.101 e. The normalized spacial score (nSPS) is 26.5. The number of nitrogens with zero attached hydrogens (tertiary/aromatic N) is 2. The molecule has 3 heteroatoms. The molecule has 1 spiro atoms. The summed E-state index contributed by atoms with van der Waals surface area (Å²) in [5, 5.41) is 12.4. The molecule has 1 N–H and O–H groups in total. The molecule has 1 aliphatic carbocycles. The molecule has 2 aliphatic rings. The van der Waals surface area contributed by atoms with Crippen molar-refractivity contribution in [1.82, 2.24) is 10.3 Å². The molecule has 1 unspecified atom stereocenters. The lowest BCUT2D eigenvalue weighted by molar-refractivity contribution is 0.534. The Morgan fingerprint density at radius 1 is 1.47 bits per heavy atom. The van der Waals surface area contributed by atoms with Crippen LogP contribution >= 0.6 is 0 Å². The molecule has 0 bridgehead atoms. The summed E-state index contributed by atoms with van der Waals surface area (Å²) in [7, 11) is 0. The SMILES string of the molecule is N#Cc1cncc(C2CCNC23CC3)c1. The molecule has 1 aromatic rings. The average molecular weight is 199 g/mol. The van der Waals surface area contributed by atoms with E-state index in [2.05, 4.69) is 16.4 Å². The predicted octanol–water partition coefficient (Wildman–Crippen LogP) is 1.56. The zero-order valence-corrected chi connectivity index (χ0v) is 8.53. The zero-order chi connectivity index (χ0) is 10.3. The second-order valence-corrected chi connectivity index (χ2v) is 4.54. The first-order valence-corrected chi connectivity index (χ1v) is 5.44. The van der Waals surface area contributed by atoms with Crippen molar-refractivity contribution in [2.45, 2.75) is 30.7 Å². The first-order valence-electron chi connectivity index (χ1n) is 5.44. The number of aromatic nitrogens is 1. The van der Waals surface area contributed by atoms with Crippen molar-refractivity contribution >= 4 is 0 Å². The minimum Gasteiger partial charge on any atom is -0.311 e. The van der Waals surface area contributed by atoms with Gasteiger partial charge in [-0.15, -0.1) is 0 Å². The topological polar surface area (TPSA) is 48.7 Å². The van der Waals surface area contributed by atoms with Crippen LogP contribution in [0.3, 0.4) is 0 Å². The Kier molecular flexibility index (Phi) is 1.80. The van der Waals surface area contributed by atoms with E-state index in [9.17, 15) is 0 Å². The van der Waals surface area contributed by atoms with Crippen LogP contribution in [0.25, 0.3) is 0 Å². The molecule has 1 aliphatic heterocycles. The minimum atomic E-state index is 0.357. The number of hydrogen-bond donors (Lipinski definition) is 1. The van der Waals surface area contributed by atoms with Crippen LogP contribution in [-0.2, 0) is 0 Å². The van der Waals surface area contributed by atoms with Crippen molar-refractivity contribution in [1.29, 1.82) is 5.26 Å². The Bertz CT molecular complexity index is 429. The van der Waals surface area contributed by atoms with Crippen LogP contribution in [-0.4, -0.2) is 17.1 Å². The molecule has 1 saturated heterocycles. The maximum absolute atomic E-state index is 8.84. The van der Waals surface area contributed by atoms with E-state index in [0.29, 0.717) is 17.0 Å². The van der Waals surface area contributed by atoms with Gasteiger partial charge in [0.05, 0.1) is 5.56 Å². The summed E-state index contributed by atoms with van der Waals surface area (Å²) < 4.78 is 0. The summed E-state index contributed by atoms with van der Waals surface area (Å²) in [4.78, 5) is 4.14. The number of rotatable bonds is 1. The van der Waals surface area contributed by atoms with Gasteiger partial charge in [-0.3, -0.25) is 4.98 Å². The third-order valence-corrected chi connectivity index (χ3v) is 3.66. The molecule has 0 amide bonds. The fourth-order valence-corrected chi connectivity index (χ4v) is 2.72. The summed E-state index contributed by atoms with van der Waals surface area (Å²) in [6, 6.07) is 4.15. The lowest BCUT2D eigenvalue weighted by Gasteiger charge is -2.18. The number of hydrogen-bond acceptors (Lipinski definition) is 3. The largest absolute Gasteiger partial charge is 0.311 e. The molecule has 1 saturated carbocycles. The second-order valence-electron chi connectivity index (χ2n) is 4.54. The monoisotopic (exact) mass is 199 g/mol. The highest BCUT2D eigenvalue weighted by molar-refractivity contribution is 5.35. The van der Waals surface area contributed by atoms with Crippen LogP contribution in [0.2, 0.25) is 0 Å². The van der Waals surface area contributed by atoms with E-state index in [1.807, 2.05) is 12.3 Å². The lowest BCUT2D eigenvalue weighted by Crippen LogP contribution is -2.27. The molecule has 76 valence electrons. The Labute approximate surface area is 89.1 Å². The number of pyridine rings is 1. The maximum Gasteiger partial charge on any atom is 0.101 e. The Balaban J connectivity index is 1.96. The predicted molar refractivity (Wildman–Crippen MR) is 56.3 cm³/mol. The summed E-state index contributed by atoms with van der Waals surface area (Å²) in [6.45, 7) is 1.10. The molecule has 2 heterocycles. The first kappa shape index (κ1) is 8.87. The third-order valence-electron chi connectivity index (χ3n) is 3.66. The van der Waals surface area contributed by atoms with Gasteiger partial charge < -0.3 is 5.32 Å². The number of nitriles is 1. The Morgan fingerprint density at radius 2 is 2.33 bits per heavy atom. The van der Waals surface area contributed by atoms with E-state index >= 15 is 0 Å². The van der Waals surface area contributed by atoms with Gasteiger partial charge in [0.25, 0.3) is 0 Å². The van der Waals surface area contributed by atoms with Gasteiger partial charge in [-0.1, -0.05) is 0 Å². The highest BCUT2D eigenvalue weighted by Crippen LogP contribution is 2.51. The van der Waals surface area contributed by atoms with Crippen LogP contribution in [0.4, 0.5) is 0 Å². The van der Waals surface area contributed by atoms with Crippen molar-refractivity contribution in [2.75, 3.05) is 6.54 Å². The summed E-state index contributed by atoms with van der Waals surface area (Å²) in [5.74, 6) is 0.568. The summed E-state index contributed by atoms with van der Waals surface area (Å²) in [6.07, 6.45) is 7.27. The molecule has 2 fully saturated rings. The summed E-state index contributed by atoms with van der Waals surface area (Å²) in [5.41, 5.74) is 2.27. The minimum absolute atomic E-state index is 0.357. The van der Waals surface area contributed by atoms with Crippen molar-refractivity contribution in [3.63, 3.8) is 0 Å². The van der Waals surface area contributed by atoms with Gasteiger partial charge in [0.2, 0.25) is 0 Å². The highest BCUT2D eigenvalue weighted by atomic mass is 15.1. The van der Waals surface area contributed by atoms with Crippen molar-refractivity contribution in [2.24, 2.45) is 0 Å². The molecule has 15 heavy (non-hydrogen) atoms. The first-order chi connectivity index (χ1) is 7.34. The number of nitrogens with one attached hydrogen (secondary N) is 1. The van der Waals surface area contributed by atoms with E-state index in [1.165, 1.54) is 24.8 Å². The van der Waals surface area contributed by atoms with Crippen LogP contribution < -0.4 is 5.32 Å². The highest BCUT2D eigenvalue weighted by Gasteiger charge is 2.52. The Morgan fingerprint density at radius 3 is 3.07 bits per heavy atom. The van der Waals surface area contributed by atoms with E-state index < -0.39 is 0 Å². The zero-order valence-electron chi connectivity index (χ0n) is 8.53. The van der Waals surface area contributed by atoms with Crippen LogP contribution in [0.15, 0.2) is 18.5 Å². The van der Waals surface area contributed by atoms with E-state index in [-0.39, 0.29) is 0 Å². The standard InChI is InChI=1S/C12H13N3/c13-6-9-5-10(8-14-7-9)11-1-4-15-12(11)2-3-12/h5,7-8,11,15H,1-4H2. The Hall–Kier alpha value is -1.40. The molecular formula is C12H13N3. The van der Waals surface area contributed by atoms with E-state index in [0.717, 1.165) is 6.54 Å². The molecular weight excluding hydrogens is 186 g/mol. The summed E-state index contributed by atoms with van der Waals surface area (Å²) >= 11 is 0. The van der Waals surface area contributed by atoms with Crippen molar-refractivity contribution < 1.29 is 0 Å². The molecule has 3 nitrogen and oxygen atoms in total. The molecule has 3 rings (SSSR count). The van der Waals surface area contributed by atoms with Gasteiger partial charge in [-0.05, 0) is 37.4 Å². The quantitative estimate of drug-likeness (QED) is 0.746. The fraction of sp³-hybridized carbons (Fsp3) is 0.500. The van der Waals surface area contributed by atoms with Crippen LogP contribution in [0.1, 0.15) is 36.3 Å². The second kappa shape index (κ2) is 3.04. The molecule has 0 aromatic carbocycles.